The van der Waals surface area contributed by atoms with Crippen molar-refractivity contribution in [2.24, 2.45) is 0 Å². The highest BCUT2D eigenvalue weighted by molar-refractivity contribution is 5.88. The van der Waals surface area contributed by atoms with Crippen LogP contribution in [0.2, 0.25) is 0 Å². The van der Waals surface area contributed by atoms with Crippen molar-refractivity contribution in [2.45, 2.75) is 12.0 Å². The standard InChI is InChI=1S/C19H14F4N4O3/c1-29-9-5-13(22)15(14(23)6-9)10-7-24-17(28)16(10)25-19-27-26-18(30-19)8-2-3-11(20)12(21)4-8/h2-6,10,16H,7H2,1H3,(H,24,28)(H,25,27)/t10?,16-/m1/s1. The van der Waals surface area contributed by atoms with Crippen molar-refractivity contribution in [3.05, 3.63) is 59.2 Å². The van der Waals surface area contributed by atoms with Crippen molar-refractivity contribution in [3.63, 3.8) is 0 Å². The van der Waals surface area contributed by atoms with Crippen molar-refractivity contribution in [1.29, 1.82) is 0 Å². The lowest BCUT2D eigenvalue weighted by atomic mass is 9.93. The van der Waals surface area contributed by atoms with Crippen LogP contribution < -0.4 is 15.4 Å². The summed E-state index contributed by atoms with van der Waals surface area (Å²) in [5.41, 5.74) is -0.180. The topological polar surface area (TPSA) is 89.3 Å². The van der Waals surface area contributed by atoms with Crippen LogP contribution in [-0.4, -0.2) is 35.8 Å². The Hall–Kier alpha value is -3.63. The van der Waals surface area contributed by atoms with Crippen molar-refractivity contribution >= 4 is 11.9 Å². The van der Waals surface area contributed by atoms with E-state index in [4.69, 9.17) is 9.15 Å². The highest BCUT2D eigenvalue weighted by atomic mass is 19.2. The van der Waals surface area contributed by atoms with E-state index in [0.717, 1.165) is 24.3 Å². The Labute approximate surface area is 167 Å². The number of anilines is 1. The quantitative estimate of drug-likeness (QED) is 0.615. The molecule has 0 radical (unpaired) electrons. The van der Waals surface area contributed by atoms with Gasteiger partial charge in [0, 0.05) is 35.7 Å². The highest BCUT2D eigenvalue weighted by Gasteiger charge is 2.40. The molecule has 4 rings (SSSR count). The van der Waals surface area contributed by atoms with Gasteiger partial charge in [0.1, 0.15) is 23.4 Å². The van der Waals surface area contributed by atoms with Crippen LogP contribution in [0.15, 0.2) is 34.7 Å². The molecule has 3 aromatic rings. The Balaban J connectivity index is 1.60. The van der Waals surface area contributed by atoms with Gasteiger partial charge in [-0.15, -0.1) is 5.10 Å². The van der Waals surface area contributed by atoms with E-state index in [1.54, 1.807) is 0 Å². The number of rotatable bonds is 5. The molecule has 1 aliphatic rings. The molecule has 0 aliphatic carbocycles. The molecule has 1 aliphatic heterocycles. The molecule has 0 bridgehead atoms. The van der Waals surface area contributed by atoms with Gasteiger partial charge in [-0.2, -0.15) is 0 Å². The van der Waals surface area contributed by atoms with Crippen molar-refractivity contribution in [1.82, 2.24) is 15.5 Å². The summed E-state index contributed by atoms with van der Waals surface area (Å²) in [5.74, 6) is -5.44. The molecule has 156 valence electrons. The van der Waals surface area contributed by atoms with Crippen LogP contribution in [0.5, 0.6) is 5.75 Å². The predicted octanol–water partition coefficient (Wildman–Crippen LogP) is 3.00. The fourth-order valence-electron chi connectivity index (χ4n) is 3.25. The second-order valence-corrected chi connectivity index (χ2v) is 6.52. The SMILES string of the molecule is COc1cc(F)c(C2CNC(=O)[C@@H]2Nc2nnc(-c3ccc(F)c(F)c3)o2)c(F)c1. The number of benzene rings is 2. The third-order valence-corrected chi connectivity index (χ3v) is 4.71. The summed E-state index contributed by atoms with van der Waals surface area (Å²) in [6.45, 7) is -0.0269. The minimum absolute atomic E-state index is 0.00335. The second kappa shape index (κ2) is 7.65. The lowest BCUT2D eigenvalue weighted by Gasteiger charge is -2.19. The fourth-order valence-corrected chi connectivity index (χ4v) is 3.25. The summed E-state index contributed by atoms with van der Waals surface area (Å²) < 4.78 is 65.6. The number of amides is 1. The number of nitrogens with zero attached hydrogens (tertiary/aromatic N) is 2. The van der Waals surface area contributed by atoms with Gasteiger partial charge in [0.25, 0.3) is 0 Å². The zero-order valence-corrected chi connectivity index (χ0v) is 15.4. The Morgan fingerprint density at radius 1 is 1.07 bits per heavy atom. The van der Waals surface area contributed by atoms with Crippen LogP contribution in [0.25, 0.3) is 11.5 Å². The van der Waals surface area contributed by atoms with Gasteiger partial charge >= 0.3 is 6.01 Å². The van der Waals surface area contributed by atoms with Crippen LogP contribution >= 0.6 is 0 Å². The molecule has 1 saturated heterocycles. The number of methoxy groups -OCH3 is 1. The third kappa shape index (κ3) is 3.53. The van der Waals surface area contributed by atoms with E-state index in [1.165, 1.54) is 13.2 Å². The van der Waals surface area contributed by atoms with E-state index in [9.17, 15) is 22.4 Å². The maximum Gasteiger partial charge on any atom is 0.316 e. The monoisotopic (exact) mass is 422 g/mol. The zero-order valence-electron chi connectivity index (χ0n) is 15.4. The van der Waals surface area contributed by atoms with E-state index < -0.39 is 41.1 Å². The smallest absolute Gasteiger partial charge is 0.316 e. The average molecular weight is 422 g/mol. The van der Waals surface area contributed by atoms with Crippen LogP contribution in [-0.2, 0) is 4.79 Å². The van der Waals surface area contributed by atoms with Gasteiger partial charge < -0.3 is 19.8 Å². The maximum absolute atomic E-state index is 14.5. The molecular weight excluding hydrogens is 408 g/mol. The molecule has 2 heterocycles. The molecular formula is C19H14F4N4O3. The first kappa shape index (κ1) is 19.7. The van der Waals surface area contributed by atoms with Gasteiger partial charge in [-0.05, 0) is 18.2 Å². The number of aromatic nitrogens is 2. The van der Waals surface area contributed by atoms with Gasteiger partial charge in [-0.1, -0.05) is 5.10 Å². The minimum atomic E-state index is -1.11. The molecule has 0 spiro atoms. The Morgan fingerprint density at radius 2 is 1.80 bits per heavy atom. The number of ether oxygens (including phenoxy) is 1. The van der Waals surface area contributed by atoms with Crippen molar-refractivity contribution < 1.29 is 31.5 Å². The van der Waals surface area contributed by atoms with Gasteiger partial charge in [0.15, 0.2) is 11.6 Å². The molecule has 11 heteroatoms. The van der Waals surface area contributed by atoms with E-state index in [0.29, 0.717) is 0 Å². The molecule has 2 N–H and O–H groups in total. The summed E-state index contributed by atoms with van der Waals surface area (Å²) in [6, 6.07) is 3.72. The fraction of sp³-hybridized carbons (Fsp3) is 0.211. The molecule has 7 nitrogen and oxygen atoms in total. The van der Waals surface area contributed by atoms with E-state index in [2.05, 4.69) is 20.8 Å². The van der Waals surface area contributed by atoms with Gasteiger partial charge in [-0.3, -0.25) is 4.79 Å². The highest BCUT2D eigenvalue weighted by Crippen LogP contribution is 2.33. The number of nitrogens with one attached hydrogen (secondary N) is 2. The van der Waals surface area contributed by atoms with E-state index in [1.807, 2.05) is 0 Å². The van der Waals surface area contributed by atoms with Crippen LogP contribution in [0.3, 0.4) is 0 Å². The van der Waals surface area contributed by atoms with Gasteiger partial charge in [0.05, 0.1) is 7.11 Å². The first-order valence-electron chi connectivity index (χ1n) is 8.73. The molecule has 2 atom stereocenters. The predicted molar refractivity (Wildman–Crippen MR) is 95.7 cm³/mol. The average Bonchev–Trinajstić information content (AvgIpc) is 3.32. The summed E-state index contributed by atoms with van der Waals surface area (Å²) in [4.78, 5) is 12.2. The lowest BCUT2D eigenvalue weighted by Crippen LogP contribution is -2.33. The molecule has 0 saturated carbocycles. The van der Waals surface area contributed by atoms with E-state index >= 15 is 0 Å². The molecule has 1 amide bonds. The normalized spacial score (nSPS) is 18.4. The van der Waals surface area contributed by atoms with E-state index in [-0.39, 0.29) is 35.3 Å². The molecule has 30 heavy (non-hydrogen) atoms. The zero-order chi connectivity index (χ0) is 21.4. The second-order valence-electron chi connectivity index (χ2n) is 6.52. The van der Waals surface area contributed by atoms with Gasteiger partial charge in [-0.25, -0.2) is 17.6 Å². The number of hydrogen-bond donors (Lipinski definition) is 2. The van der Waals surface area contributed by atoms with Crippen LogP contribution in [0.4, 0.5) is 23.6 Å². The Kier molecular flexibility index (Phi) is 5.02. The first-order chi connectivity index (χ1) is 14.4. The summed E-state index contributed by atoms with van der Waals surface area (Å²) >= 11 is 0. The largest absolute Gasteiger partial charge is 0.497 e. The number of carbonyl (C=O) groups is 1. The van der Waals surface area contributed by atoms with Crippen molar-refractivity contribution in [3.8, 4) is 17.2 Å². The number of carbonyl (C=O) groups excluding carboxylic acids is 1. The third-order valence-electron chi connectivity index (χ3n) is 4.71. The van der Waals surface area contributed by atoms with Crippen LogP contribution in [0, 0.1) is 23.3 Å². The van der Waals surface area contributed by atoms with Gasteiger partial charge in [0.2, 0.25) is 11.8 Å². The Morgan fingerprint density at radius 3 is 2.47 bits per heavy atom. The minimum Gasteiger partial charge on any atom is -0.497 e. The summed E-state index contributed by atoms with van der Waals surface area (Å²) in [7, 11) is 1.28. The molecule has 1 fully saturated rings. The maximum atomic E-state index is 14.5. The van der Waals surface area contributed by atoms with Crippen LogP contribution in [0.1, 0.15) is 11.5 Å². The number of hydrogen-bond acceptors (Lipinski definition) is 6. The molecule has 2 aromatic carbocycles. The number of halogens is 4. The lowest BCUT2D eigenvalue weighted by molar-refractivity contribution is -0.119. The first-order valence-corrected chi connectivity index (χ1v) is 8.73. The summed E-state index contributed by atoms with van der Waals surface area (Å²) in [6.07, 6.45) is 0. The summed E-state index contributed by atoms with van der Waals surface area (Å²) in [5, 5.41) is 12.6. The van der Waals surface area contributed by atoms with Crippen molar-refractivity contribution in [2.75, 3.05) is 19.0 Å². The Bertz CT molecular complexity index is 1100. The molecule has 1 unspecified atom stereocenters. The molecule has 1 aromatic heterocycles.